The lowest BCUT2D eigenvalue weighted by Gasteiger charge is -2.17. The molecular formula is C24H31N3O. The van der Waals surface area contributed by atoms with E-state index in [4.69, 9.17) is 0 Å². The van der Waals surface area contributed by atoms with Crippen molar-refractivity contribution >= 4 is 28.4 Å². The summed E-state index contributed by atoms with van der Waals surface area (Å²) in [7, 11) is 3.78. The van der Waals surface area contributed by atoms with Crippen LogP contribution in [-0.2, 0) is 4.79 Å². The fourth-order valence-electron chi connectivity index (χ4n) is 3.28. The molecular weight excluding hydrogens is 346 g/mol. The van der Waals surface area contributed by atoms with Crippen molar-refractivity contribution in [2.24, 2.45) is 0 Å². The van der Waals surface area contributed by atoms with Crippen molar-refractivity contribution in [3.8, 4) is 0 Å². The Balaban J connectivity index is 2.25. The van der Waals surface area contributed by atoms with Gasteiger partial charge in [-0.25, -0.2) is 0 Å². The first-order valence-corrected chi connectivity index (χ1v) is 9.75. The Kier molecular flexibility index (Phi) is 7.88. The van der Waals surface area contributed by atoms with Gasteiger partial charge in [-0.2, -0.15) is 0 Å². The Morgan fingerprint density at radius 2 is 1.68 bits per heavy atom. The van der Waals surface area contributed by atoms with Gasteiger partial charge in [-0.05, 0) is 44.0 Å². The topological polar surface area (TPSA) is 53.2 Å². The molecule has 4 heteroatoms. The molecule has 4 nitrogen and oxygen atoms in total. The van der Waals surface area contributed by atoms with E-state index >= 15 is 0 Å². The zero-order valence-electron chi connectivity index (χ0n) is 17.5. The van der Waals surface area contributed by atoms with Crippen LogP contribution in [0.25, 0.3) is 11.1 Å². The first-order valence-electron chi connectivity index (χ1n) is 9.75. The average Bonchev–Trinajstić information content (AvgIpc) is 2.72. The van der Waals surface area contributed by atoms with Gasteiger partial charge in [0.15, 0.2) is 0 Å². The molecule has 0 unspecified atom stereocenters. The minimum atomic E-state index is -0.0779. The van der Waals surface area contributed by atoms with E-state index in [9.17, 15) is 4.79 Å². The van der Waals surface area contributed by atoms with Crippen molar-refractivity contribution in [2.45, 2.75) is 27.2 Å². The molecule has 0 atom stereocenters. The van der Waals surface area contributed by atoms with E-state index < -0.39 is 0 Å². The summed E-state index contributed by atoms with van der Waals surface area (Å²) in [5, 5.41) is 9.51. The number of hydrogen-bond donors (Lipinski definition) is 3. The first kappa shape index (κ1) is 21.3. The third-order valence-corrected chi connectivity index (χ3v) is 4.70. The minimum absolute atomic E-state index is 0.0779. The molecule has 0 spiro atoms. The van der Waals surface area contributed by atoms with Crippen LogP contribution in [0, 0.1) is 6.92 Å². The van der Waals surface area contributed by atoms with Gasteiger partial charge in [0.25, 0.3) is 5.91 Å². The highest BCUT2D eigenvalue weighted by Gasteiger charge is 2.15. The normalized spacial score (nSPS) is 11.9. The molecule has 2 aromatic rings. The summed E-state index contributed by atoms with van der Waals surface area (Å²) < 4.78 is 0. The van der Waals surface area contributed by atoms with Crippen molar-refractivity contribution < 1.29 is 4.79 Å². The number of hydrogen-bond acceptors (Lipinski definition) is 3. The van der Waals surface area contributed by atoms with Crippen molar-refractivity contribution in [3.63, 3.8) is 0 Å². The summed E-state index contributed by atoms with van der Waals surface area (Å²) in [4.78, 5) is 13.0. The molecule has 0 saturated carbocycles. The number of carbonyl (C=O) groups excluding carboxylic acids is 1. The van der Waals surface area contributed by atoms with Crippen molar-refractivity contribution in [1.82, 2.24) is 5.32 Å². The molecule has 2 rings (SSSR count). The quantitative estimate of drug-likeness (QED) is 0.562. The second kappa shape index (κ2) is 10.4. The van der Waals surface area contributed by atoms with Gasteiger partial charge in [0, 0.05) is 48.7 Å². The van der Waals surface area contributed by atoms with E-state index in [1.165, 1.54) is 5.56 Å². The summed E-state index contributed by atoms with van der Waals surface area (Å²) in [5.41, 5.74) is 7.00. The van der Waals surface area contributed by atoms with E-state index in [-0.39, 0.29) is 5.91 Å². The van der Waals surface area contributed by atoms with Gasteiger partial charge in [0.2, 0.25) is 0 Å². The molecule has 0 aromatic heterocycles. The molecule has 0 radical (unpaired) electrons. The largest absolute Gasteiger partial charge is 0.388 e. The van der Waals surface area contributed by atoms with Crippen molar-refractivity contribution in [1.29, 1.82) is 0 Å². The van der Waals surface area contributed by atoms with Crippen LogP contribution in [0.3, 0.4) is 0 Å². The number of aryl methyl sites for hydroxylation is 1. The molecule has 0 aliphatic rings. The molecule has 0 bridgehead atoms. The standard InChI is InChI=1S/C24H31N3O/c1-6-10-18(21-15-17(3)13-14-23(21)26-5)16-27-24(28)19(7-2)20-11-8-9-12-22(20)25-4/h7-15,25-26H,6,16H2,1-5H3,(H,27,28)/b18-10+,19-7+. The lowest BCUT2D eigenvalue weighted by atomic mass is 9.99. The summed E-state index contributed by atoms with van der Waals surface area (Å²) in [6, 6.07) is 14.2. The predicted octanol–water partition coefficient (Wildman–Crippen LogP) is 5.09. The molecule has 148 valence electrons. The van der Waals surface area contributed by atoms with Gasteiger partial charge in [-0.15, -0.1) is 0 Å². The van der Waals surface area contributed by atoms with Crippen LogP contribution >= 0.6 is 0 Å². The maximum absolute atomic E-state index is 13.0. The van der Waals surface area contributed by atoms with Gasteiger partial charge in [-0.1, -0.05) is 48.9 Å². The van der Waals surface area contributed by atoms with Crippen LogP contribution in [0.4, 0.5) is 11.4 Å². The second-order valence-corrected chi connectivity index (χ2v) is 6.62. The maximum atomic E-state index is 13.0. The Morgan fingerprint density at radius 1 is 1.00 bits per heavy atom. The molecule has 0 heterocycles. The van der Waals surface area contributed by atoms with Crippen LogP contribution in [0.15, 0.2) is 54.6 Å². The monoisotopic (exact) mass is 377 g/mol. The SMILES string of the molecule is C/C=C(/C(=O)NC/C(=C\CC)c1cc(C)ccc1NC)c1ccccc1NC. The molecule has 3 N–H and O–H groups in total. The maximum Gasteiger partial charge on any atom is 0.251 e. The van der Waals surface area contributed by atoms with E-state index in [1.54, 1.807) is 0 Å². The second-order valence-electron chi connectivity index (χ2n) is 6.62. The highest BCUT2D eigenvalue weighted by molar-refractivity contribution is 6.21. The fourth-order valence-corrected chi connectivity index (χ4v) is 3.28. The number of rotatable bonds is 8. The highest BCUT2D eigenvalue weighted by Crippen LogP contribution is 2.26. The average molecular weight is 378 g/mol. The number of amides is 1. The van der Waals surface area contributed by atoms with Gasteiger partial charge in [-0.3, -0.25) is 4.79 Å². The summed E-state index contributed by atoms with van der Waals surface area (Å²) in [6.45, 7) is 6.56. The van der Waals surface area contributed by atoms with Crippen LogP contribution < -0.4 is 16.0 Å². The zero-order chi connectivity index (χ0) is 20.5. The van der Waals surface area contributed by atoms with Crippen LogP contribution in [0.2, 0.25) is 0 Å². The van der Waals surface area contributed by atoms with Gasteiger partial charge < -0.3 is 16.0 Å². The fraction of sp³-hybridized carbons (Fsp3) is 0.292. The molecule has 28 heavy (non-hydrogen) atoms. The molecule has 1 amide bonds. The molecule has 2 aromatic carbocycles. The van der Waals surface area contributed by atoms with E-state index in [0.29, 0.717) is 12.1 Å². The number of carbonyl (C=O) groups is 1. The lowest BCUT2D eigenvalue weighted by Crippen LogP contribution is -2.26. The number of para-hydroxylation sites is 1. The Morgan fingerprint density at radius 3 is 2.32 bits per heavy atom. The van der Waals surface area contributed by atoms with Crippen LogP contribution in [0.1, 0.15) is 37.0 Å². The Bertz CT molecular complexity index is 881. The van der Waals surface area contributed by atoms with Gasteiger partial charge in [0.05, 0.1) is 0 Å². The van der Waals surface area contributed by atoms with Gasteiger partial charge >= 0.3 is 0 Å². The third-order valence-electron chi connectivity index (χ3n) is 4.70. The molecule has 0 aliphatic heterocycles. The lowest BCUT2D eigenvalue weighted by molar-refractivity contribution is -0.115. The third kappa shape index (κ3) is 5.03. The predicted molar refractivity (Wildman–Crippen MR) is 122 cm³/mol. The van der Waals surface area contributed by atoms with E-state index in [2.05, 4.69) is 54.1 Å². The number of benzene rings is 2. The molecule has 0 saturated heterocycles. The number of allylic oxidation sites excluding steroid dienone is 2. The smallest absolute Gasteiger partial charge is 0.251 e. The van der Waals surface area contributed by atoms with E-state index in [0.717, 1.165) is 34.5 Å². The van der Waals surface area contributed by atoms with Crippen LogP contribution in [0.5, 0.6) is 0 Å². The minimum Gasteiger partial charge on any atom is -0.388 e. The molecule has 0 aliphatic carbocycles. The van der Waals surface area contributed by atoms with Gasteiger partial charge in [0.1, 0.15) is 0 Å². The number of anilines is 2. The summed E-state index contributed by atoms with van der Waals surface area (Å²) >= 11 is 0. The number of nitrogens with one attached hydrogen (secondary N) is 3. The highest BCUT2D eigenvalue weighted by atomic mass is 16.1. The summed E-state index contributed by atoms with van der Waals surface area (Å²) in [5.74, 6) is -0.0779. The molecule has 0 fully saturated rings. The zero-order valence-corrected chi connectivity index (χ0v) is 17.5. The van der Waals surface area contributed by atoms with E-state index in [1.807, 2.05) is 51.4 Å². The van der Waals surface area contributed by atoms with Crippen molar-refractivity contribution in [3.05, 3.63) is 71.3 Å². The summed E-state index contributed by atoms with van der Waals surface area (Å²) in [6.07, 6.45) is 4.94. The van der Waals surface area contributed by atoms with Crippen molar-refractivity contribution in [2.75, 3.05) is 31.3 Å². The first-order chi connectivity index (χ1) is 13.5. The Hall–Kier alpha value is -3.01. The Labute approximate surface area is 168 Å². The van der Waals surface area contributed by atoms with Crippen LogP contribution in [-0.4, -0.2) is 26.5 Å².